The van der Waals surface area contributed by atoms with E-state index in [1.807, 2.05) is 19.9 Å². The van der Waals surface area contributed by atoms with Crippen molar-refractivity contribution >= 4 is 21.6 Å². The molecule has 23 heavy (non-hydrogen) atoms. The lowest BCUT2D eigenvalue weighted by Gasteiger charge is -2.29. The normalized spacial score (nSPS) is 14.2. The third-order valence-corrected chi connectivity index (χ3v) is 4.60. The minimum absolute atomic E-state index is 0.199. The fourth-order valence-corrected chi connectivity index (χ4v) is 3.70. The van der Waals surface area contributed by atoms with Gasteiger partial charge < -0.3 is 10.1 Å². The van der Waals surface area contributed by atoms with Gasteiger partial charge in [0.25, 0.3) is 0 Å². The highest BCUT2D eigenvalue weighted by atomic mass is 32.2. The van der Waals surface area contributed by atoms with E-state index in [1.165, 1.54) is 0 Å². The number of ether oxygens (including phenoxy) is 1. The van der Waals surface area contributed by atoms with Crippen LogP contribution in [0.25, 0.3) is 0 Å². The molecule has 0 heterocycles. The summed E-state index contributed by atoms with van der Waals surface area (Å²) in [6, 6.07) is 4.42. The lowest BCUT2D eigenvalue weighted by atomic mass is 10.1. The average Bonchev–Trinajstić information content (AvgIpc) is 2.35. The van der Waals surface area contributed by atoms with E-state index in [1.54, 1.807) is 33.1 Å². The maximum atomic E-state index is 12.4. The van der Waals surface area contributed by atoms with Crippen molar-refractivity contribution < 1.29 is 17.9 Å². The number of hydrogen-bond acceptors (Lipinski definition) is 4. The van der Waals surface area contributed by atoms with Gasteiger partial charge in [-0.1, -0.05) is 6.07 Å². The Morgan fingerprint density at radius 1 is 1.22 bits per heavy atom. The maximum absolute atomic E-state index is 12.4. The summed E-state index contributed by atoms with van der Waals surface area (Å²) in [7, 11) is -2.06. The number of anilines is 1. The Labute approximate surface area is 138 Å². The molecule has 1 amide bonds. The van der Waals surface area contributed by atoms with Crippen LogP contribution in [-0.4, -0.2) is 46.4 Å². The van der Waals surface area contributed by atoms with Crippen molar-refractivity contribution in [2.45, 2.75) is 39.8 Å². The molecule has 0 aliphatic carbocycles. The predicted octanol–water partition coefficient (Wildman–Crippen LogP) is 1.61. The van der Waals surface area contributed by atoms with Crippen LogP contribution in [0.15, 0.2) is 18.2 Å². The maximum Gasteiger partial charge on any atom is 0.243 e. The highest BCUT2D eigenvalue weighted by Gasteiger charge is 2.29. The molecule has 0 bridgehead atoms. The third-order valence-electron chi connectivity index (χ3n) is 3.35. The second kappa shape index (κ2) is 7.79. The van der Waals surface area contributed by atoms with Gasteiger partial charge in [-0.2, -0.15) is 0 Å². The summed E-state index contributed by atoms with van der Waals surface area (Å²) >= 11 is 0. The summed E-state index contributed by atoms with van der Waals surface area (Å²) in [6.07, 6.45) is 1.10. The first-order valence-corrected chi connectivity index (χ1v) is 9.28. The average molecular weight is 342 g/mol. The molecule has 0 saturated carbocycles. The van der Waals surface area contributed by atoms with Crippen molar-refractivity contribution in [1.82, 2.24) is 5.32 Å². The molecule has 130 valence electrons. The fourth-order valence-electron chi connectivity index (χ4n) is 2.54. The van der Waals surface area contributed by atoms with Crippen LogP contribution in [0.1, 0.15) is 25.0 Å². The summed E-state index contributed by atoms with van der Waals surface area (Å²) in [5, 5.41) is 2.76. The minimum atomic E-state index is -3.60. The Hall–Kier alpha value is -1.60. The Morgan fingerprint density at radius 2 is 1.74 bits per heavy atom. The number of aryl methyl sites for hydroxylation is 2. The number of hydrogen-bond donors (Lipinski definition) is 1. The molecule has 1 N–H and O–H groups in total. The van der Waals surface area contributed by atoms with Gasteiger partial charge in [-0.15, -0.1) is 0 Å². The first-order valence-electron chi connectivity index (χ1n) is 7.43. The van der Waals surface area contributed by atoms with E-state index in [4.69, 9.17) is 4.74 Å². The summed E-state index contributed by atoms with van der Waals surface area (Å²) < 4.78 is 30.6. The number of rotatable bonds is 7. The van der Waals surface area contributed by atoms with Crippen LogP contribution in [0.2, 0.25) is 0 Å². The Bertz CT molecular complexity index is 638. The van der Waals surface area contributed by atoms with Gasteiger partial charge in [0.05, 0.1) is 18.6 Å². The number of amides is 1. The summed E-state index contributed by atoms with van der Waals surface area (Å²) in [4.78, 5) is 12.4. The smallest absolute Gasteiger partial charge is 0.243 e. The van der Waals surface area contributed by atoms with E-state index < -0.39 is 16.1 Å². The van der Waals surface area contributed by atoms with Gasteiger partial charge in [-0.3, -0.25) is 9.10 Å². The van der Waals surface area contributed by atoms with Gasteiger partial charge in [-0.25, -0.2) is 8.42 Å². The molecule has 1 rings (SSSR count). The van der Waals surface area contributed by atoms with Crippen LogP contribution in [0.4, 0.5) is 5.69 Å². The lowest BCUT2D eigenvalue weighted by Crippen LogP contribution is -2.50. The third kappa shape index (κ3) is 5.51. The molecule has 2 atom stereocenters. The number of nitrogens with zero attached hydrogens (tertiary/aromatic N) is 1. The van der Waals surface area contributed by atoms with E-state index in [0.29, 0.717) is 12.3 Å². The molecule has 0 aliphatic rings. The summed E-state index contributed by atoms with van der Waals surface area (Å²) in [5.74, 6) is -0.362. The van der Waals surface area contributed by atoms with Crippen molar-refractivity contribution in [3.63, 3.8) is 0 Å². The molecular weight excluding hydrogens is 316 g/mol. The van der Waals surface area contributed by atoms with E-state index in [2.05, 4.69) is 5.32 Å². The molecule has 0 aromatic heterocycles. The van der Waals surface area contributed by atoms with Gasteiger partial charge in [0.2, 0.25) is 15.9 Å². The van der Waals surface area contributed by atoms with Crippen LogP contribution in [0.5, 0.6) is 0 Å². The standard InChI is InChI=1S/C16H26N2O4S/c1-11-7-12(2)9-15(8-11)18(23(6,20)21)14(4)16(19)17-13(3)10-22-5/h7-9,13-14H,10H2,1-6H3,(H,17,19)/t13-,14-/m1/s1. The summed E-state index contributed by atoms with van der Waals surface area (Å²) in [6.45, 7) is 7.52. The van der Waals surface area contributed by atoms with Crippen molar-refractivity contribution in [2.24, 2.45) is 0 Å². The molecule has 0 unspecified atom stereocenters. The number of methoxy groups -OCH3 is 1. The van der Waals surface area contributed by atoms with Crippen LogP contribution in [0, 0.1) is 13.8 Å². The first-order chi connectivity index (χ1) is 10.6. The molecule has 1 aromatic carbocycles. The second-order valence-electron chi connectivity index (χ2n) is 5.95. The molecule has 0 aliphatic heterocycles. The van der Waals surface area contributed by atoms with E-state index in [0.717, 1.165) is 21.7 Å². The number of carbonyl (C=O) groups is 1. The molecule has 1 aromatic rings. The molecule has 0 spiro atoms. The second-order valence-corrected chi connectivity index (χ2v) is 7.81. The predicted molar refractivity (Wildman–Crippen MR) is 92.2 cm³/mol. The molecule has 0 fully saturated rings. The number of carbonyl (C=O) groups excluding carboxylic acids is 1. The summed E-state index contributed by atoms with van der Waals surface area (Å²) in [5.41, 5.74) is 2.37. The van der Waals surface area contributed by atoms with Crippen LogP contribution >= 0.6 is 0 Å². The van der Waals surface area contributed by atoms with Gasteiger partial charge >= 0.3 is 0 Å². The van der Waals surface area contributed by atoms with Crippen molar-refractivity contribution in [2.75, 3.05) is 24.3 Å². The Balaban J connectivity index is 3.14. The van der Waals surface area contributed by atoms with E-state index in [9.17, 15) is 13.2 Å². The first kappa shape index (κ1) is 19.4. The molecule has 7 heteroatoms. The molecule has 0 saturated heterocycles. The number of benzene rings is 1. The van der Waals surface area contributed by atoms with Crippen LogP contribution in [0.3, 0.4) is 0 Å². The SMILES string of the molecule is COC[C@@H](C)NC(=O)[C@@H](C)N(c1cc(C)cc(C)c1)S(C)(=O)=O. The van der Waals surface area contributed by atoms with Gasteiger partial charge in [0.15, 0.2) is 0 Å². The Kier molecular flexibility index (Phi) is 6.58. The number of nitrogens with one attached hydrogen (secondary N) is 1. The topological polar surface area (TPSA) is 75.7 Å². The van der Waals surface area contributed by atoms with E-state index in [-0.39, 0.29) is 11.9 Å². The zero-order valence-electron chi connectivity index (χ0n) is 14.6. The van der Waals surface area contributed by atoms with Gasteiger partial charge in [0.1, 0.15) is 6.04 Å². The highest BCUT2D eigenvalue weighted by molar-refractivity contribution is 7.92. The van der Waals surface area contributed by atoms with E-state index >= 15 is 0 Å². The van der Waals surface area contributed by atoms with Crippen molar-refractivity contribution in [3.05, 3.63) is 29.3 Å². The largest absolute Gasteiger partial charge is 0.383 e. The van der Waals surface area contributed by atoms with Crippen LogP contribution < -0.4 is 9.62 Å². The molecular formula is C16H26N2O4S. The lowest BCUT2D eigenvalue weighted by molar-refractivity contribution is -0.122. The van der Waals surface area contributed by atoms with Crippen molar-refractivity contribution in [1.29, 1.82) is 0 Å². The van der Waals surface area contributed by atoms with Crippen molar-refractivity contribution in [3.8, 4) is 0 Å². The zero-order chi connectivity index (χ0) is 17.8. The minimum Gasteiger partial charge on any atom is -0.383 e. The molecule has 0 radical (unpaired) electrons. The zero-order valence-corrected chi connectivity index (χ0v) is 15.4. The monoisotopic (exact) mass is 342 g/mol. The quantitative estimate of drug-likeness (QED) is 0.817. The van der Waals surface area contributed by atoms with Gasteiger partial charge in [0, 0.05) is 13.2 Å². The number of sulfonamides is 1. The van der Waals surface area contributed by atoms with Crippen LogP contribution in [-0.2, 0) is 19.6 Å². The highest BCUT2D eigenvalue weighted by Crippen LogP contribution is 2.23. The Morgan fingerprint density at radius 3 is 2.17 bits per heavy atom. The molecule has 6 nitrogen and oxygen atoms in total. The fraction of sp³-hybridized carbons (Fsp3) is 0.562. The van der Waals surface area contributed by atoms with Gasteiger partial charge in [-0.05, 0) is 51.0 Å².